The summed E-state index contributed by atoms with van der Waals surface area (Å²) in [5, 5.41) is 0. The normalized spacial score (nSPS) is 19.9. The summed E-state index contributed by atoms with van der Waals surface area (Å²) in [7, 11) is 0. The largest absolute Gasteiger partial charge is 0.475 e. The minimum atomic E-state index is -4.31. The lowest BCUT2D eigenvalue weighted by atomic mass is 10.1. The zero-order valence-corrected chi connectivity index (χ0v) is 10.2. The van der Waals surface area contributed by atoms with E-state index in [1.54, 1.807) is 0 Å². The van der Waals surface area contributed by atoms with Crippen molar-refractivity contribution in [2.24, 2.45) is 10.9 Å². The van der Waals surface area contributed by atoms with Crippen LogP contribution in [0.3, 0.4) is 0 Å². The molecule has 1 atom stereocenters. The molecule has 18 heavy (non-hydrogen) atoms. The molecule has 1 aliphatic heterocycles. The number of nitrogens with zero attached hydrogens (tertiary/aromatic N) is 1. The number of benzene rings is 1. The Hall–Kier alpha value is -1.52. The van der Waals surface area contributed by atoms with Crippen molar-refractivity contribution in [3.05, 3.63) is 35.4 Å². The van der Waals surface area contributed by atoms with Crippen LogP contribution in [0.4, 0.5) is 13.2 Å². The molecule has 98 valence electrons. The van der Waals surface area contributed by atoms with Gasteiger partial charge in [-0.2, -0.15) is 13.2 Å². The van der Waals surface area contributed by atoms with Crippen LogP contribution in [-0.4, -0.2) is 18.5 Å². The second kappa shape index (κ2) is 4.63. The summed E-state index contributed by atoms with van der Waals surface area (Å²) < 4.78 is 42.6. The van der Waals surface area contributed by atoms with Gasteiger partial charge in [-0.05, 0) is 30.2 Å². The molecular formula is C13H14F3NO. The molecule has 1 heterocycles. The molecule has 0 saturated heterocycles. The summed E-state index contributed by atoms with van der Waals surface area (Å²) in [4.78, 5) is 4.36. The van der Waals surface area contributed by atoms with Crippen molar-refractivity contribution < 1.29 is 17.9 Å². The van der Waals surface area contributed by atoms with Gasteiger partial charge in [0.15, 0.2) is 0 Å². The zero-order chi connectivity index (χ0) is 13.3. The molecule has 0 aliphatic carbocycles. The maximum absolute atomic E-state index is 12.4. The van der Waals surface area contributed by atoms with Gasteiger partial charge in [0, 0.05) is 5.56 Å². The standard InChI is InChI=1S/C13H14F3NO/c1-8(2)11-7-18-12(17-11)9-3-5-10(6-4-9)13(14,15)16/h3-6,8,11H,7H2,1-2H3. The molecule has 0 radical (unpaired) electrons. The van der Waals surface area contributed by atoms with Gasteiger partial charge in [0.2, 0.25) is 5.90 Å². The Morgan fingerprint density at radius 3 is 2.28 bits per heavy atom. The first-order chi connectivity index (χ1) is 8.38. The number of hydrogen-bond acceptors (Lipinski definition) is 2. The van der Waals surface area contributed by atoms with Crippen LogP contribution in [0.15, 0.2) is 29.3 Å². The molecule has 0 bridgehead atoms. The van der Waals surface area contributed by atoms with E-state index in [4.69, 9.17) is 4.74 Å². The Morgan fingerprint density at radius 2 is 1.83 bits per heavy atom. The number of rotatable bonds is 2. The minimum absolute atomic E-state index is 0.0855. The average molecular weight is 257 g/mol. The van der Waals surface area contributed by atoms with Gasteiger partial charge in [-0.1, -0.05) is 13.8 Å². The van der Waals surface area contributed by atoms with Gasteiger partial charge in [0.1, 0.15) is 6.61 Å². The summed E-state index contributed by atoms with van der Waals surface area (Å²) >= 11 is 0. The van der Waals surface area contributed by atoms with Crippen LogP contribution in [-0.2, 0) is 10.9 Å². The third-order valence-corrected chi connectivity index (χ3v) is 2.90. The van der Waals surface area contributed by atoms with Gasteiger partial charge in [-0.15, -0.1) is 0 Å². The average Bonchev–Trinajstić information content (AvgIpc) is 2.77. The molecule has 1 aromatic carbocycles. The smallest absolute Gasteiger partial charge is 0.416 e. The molecule has 0 amide bonds. The van der Waals surface area contributed by atoms with E-state index in [9.17, 15) is 13.2 Å². The Morgan fingerprint density at radius 1 is 1.22 bits per heavy atom. The zero-order valence-electron chi connectivity index (χ0n) is 10.2. The molecule has 0 saturated carbocycles. The fourth-order valence-corrected chi connectivity index (χ4v) is 1.69. The first-order valence-corrected chi connectivity index (χ1v) is 5.76. The van der Waals surface area contributed by atoms with E-state index in [2.05, 4.69) is 4.99 Å². The molecule has 1 aliphatic rings. The molecular weight excluding hydrogens is 243 g/mol. The lowest BCUT2D eigenvalue weighted by Crippen LogP contribution is -2.13. The van der Waals surface area contributed by atoms with Crippen molar-refractivity contribution in [1.29, 1.82) is 0 Å². The van der Waals surface area contributed by atoms with Gasteiger partial charge in [0.25, 0.3) is 0 Å². The number of alkyl halides is 3. The molecule has 2 nitrogen and oxygen atoms in total. The molecule has 5 heteroatoms. The number of hydrogen-bond donors (Lipinski definition) is 0. The van der Waals surface area contributed by atoms with Gasteiger partial charge >= 0.3 is 6.18 Å². The highest BCUT2D eigenvalue weighted by atomic mass is 19.4. The van der Waals surface area contributed by atoms with Crippen molar-refractivity contribution in [3.63, 3.8) is 0 Å². The van der Waals surface area contributed by atoms with E-state index < -0.39 is 11.7 Å². The third-order valence-electron chi connectivity index (χ3n) is 2.90. The summed E-state index contributed by atoms with van der Waals surface area (Å²) in [5.74, 6) is 0.791. The highest BCUT2D eigenvalue weighted by Crippen LogP contribution is 2.29. The molecule has 0 fully saturated rings. The third kappa shape index (κ3) is 2.66. The van der Waals surface area contributed by atoms with Crippen LogP contribution >= 0.6 is 0 Å². The Kier molecular flexibility index (Phi) is 3.32. The van der Waals surface area contributed by atoms with Crippen LogP contribution in [0.1, 0.15) is 25.0 Å². The van der Waals surface area contributed by atoms with Crippen LogP contribution < -0.4 is 0 Å². The number of halogens is 3. The van der Waals surface area contributed by atoms with Crippen molar-refractivity contribution in [2.45, 2.75) is 26.1 Å². The van der Waals surface area contributed by atoms with Crippen molar-refractivity contribution in [2.75, 3.05) is 6.61 Å². The van der Waals surface area contributed by atoms with Crippen LogP contribution in [0.5, 0.6) is 0 Å². The predicted molar refractivity (Wildman–Crippen MR) is 62.6 cm³/mol. The van der Waals surface area contributed by atoms with Crippen molar-refractivity contribution in [3.8, 4) is 0 Å². The first kappa shape index (κ1) is 12.9. The van der Waals surface area contributed by atoms with Crippen molar-refractivity contribution >= 4 is 5.90 Å². The fraction of sp³-hybridized carbons (Fsp3) is 0.462. The highest BCUT2D eigenvalue weighted by molar-refractivity contribution is 5.95. The summed E-state index contributed by atoms with van der Waals surface area (Å²) in [6.45, 7) is 4.56. The van der Waals surface area contributed by atoms with E-state index in [1.807, 2.05) is 13.8 Å². The molecule has 0 spiro atoms. The lowest BCUT2D eigenvalue weighted by Gasteiger charge is -2.07. The SMILES string of the molecule is CC(C)C1COC(c2ccc(C(F)(F)F)cc2)=N1. The monoisotopic (exact) mass is 257 g/mol. The maximum atomic E-state index is 12.4. The Balaban J connectivity index is 2.19. The minimum Gasteiger partial charge on any atom is -0.475 e. The van der Waals surface area contributed by atoms with Gasteiger partial charge in [0.05, 0.1) is 11.6 Å². The molecule has 1 unspecified atom stereocenters. The predicted octanol–water partition coefficient (Wildman–Crippen LogP) is 3.51. The van der Waals surface area contributed by atoms with Crippen LogP contribution in [0.2, 0.25) is 0 Å². The van der Waals surface area contributed by atoms with E-state index in [0.717, 1.165) is 12.1 Å². The Bertz CT molecular complexity index is 448. The van der Waals surface area contributed by atoms with Gasteiger partial charge in [-0.3, -0.25) is 0 Å². The summed E-state index contributed by atoms with van der Waals surface area (Å²) in [5.41, 5.74) is -0.0728. The number of aliphatic imine (C=N–C) groups is 1. The Labute approximate surface area is 103 Å². The molecule has 0 N–H and O–H groups in total. The van der Waals surface area contributed by atoms with Crippen LogP contribution in [0, 0.1) is 5.92 Å². The quantitative estimate of drug-likeness (QED) is 0.794. The van der Waals surface area contributed by atoms with Gasteiger partial charge < -0.3 is 4.74 Å². The van der Waals surface area contributed by atoms with E-state index in [-0.39, 0.29) is 6.04 Å². The summed E-state index contributed by atoms with van der Waals surface area (Å²) in [6, 6.07) is 4.96. The van der Waals surface area contributed by atoms with E-state index in [0.29, 0.717) is 24.0 Å². The van der Waals surface area contributed by atoms with E-state index in [1.165, 1.54) is 12.1 Å². The molecule has 2 rings (SSSR count). The summed E-state index contributed by atoms with van der Waals surface area (Å²) in [6.07, 6.45) is -4.31. The first-order valence-electron chi connectivity index (χ1n) is 5.76. The topological polar surface area (TPSA) is 21.6 Å². The van der Waals surface area contributed by atoms with Crippen molar-refractivity contribution in [1.82, 2.24) is 0 Å². The maximum Gasteiger partial charge on any atom is 0.416 e. The fourth-order valence-electron chi connectivity index (χ4n) is 1.69. The molecule has 1 aromatic rings. The van der Waals surface area contributed by atoms with Crippen LogP contribution in [0.25, 0.3) is 0 Å². The van der Waals surface area contributed by atoms with Gasteiger partial charge in [-0.25, -0.2) is 4.99 Å². The second-order valence-electron chi connectivity index (χ2n) is 4.63. The highest BCUT2D eigenvalue weighted by Gasteiger charge is 2.30. The van der Waals surface area contributed by atoms with E-state index >= 15 is 0 Å². The molecule has 0 aromatic heterocycles. The number of ether oxygens (including phenoxy) is 1. The second-order valence-corrected chi connectivity index (χ2v) is 4.63. The lowest BCUT2D eigenvalue weighted by molar-refractivity contribution is -0.137.